The maximum atomic E-state index is 13.1. The van der Waals surface area contributed by atoms with Gasteiger partial charge in [0, 0.05) is 44.9 Å². The van der Waals surface area contributed by atoms with Gasteiger partial charge in [0.25, 0.3) is 0 Å². The third kappa shape index (κ3) is 3.67. The van der Waals surface area contributed by atoms with Gasteiger partial charge in [-0.3, -0.25) is 4.79 Å². The smallest absolute Gasteiger partial charge is 0.223 e. The van der Waals surface area contributed by atoms with E-state index < -0.39 is 0 Å². The number of amides is 1. The van der Waals surface area contributed by atoms with Crippen LogP contribution in [0.25, 0.3) is 0 Å². The highest BCUT2D eigenvalue weighted by Crippen LogP contribution is 2.68. The summed E-state index contributed by atoms with van der Waals surface area (Å²) in [6, 6.07) is 1.14. The summed E-state index contributed by atoms with van der Waals surface area (Å²) < 4.78 is 5.82. The normalized spacial score (nSPS) is 46.6. The van der Waals surface area contributed by atoms with E-state index in [2.05, 4.69) is 56.8 Å². The lowest BCUT2D eigenvalue weighted by Crippen LogP contribution is -2.53. The Balaban J connectivity index is 1.13. The van der Waals surface area contributed by atoms with E-state index in [1.54, 1.807) is 5.57 Å². The molecule has 9 atom stereocenters. The minimum Gasteiger partial charge on any atom is -0.495 e. The molecule has 3 saturated carbocycles. The lowest BCUT2D eigenvalue weighted by Gasteiger charge is -2.58. The van der Waals surface area contributed by atoms with E-state index in [-0.39, 0.29) is 12.0 Å². The molecule has 0 radical (unpaired) electrons. The summed E-state index contributed by atoms with van der Waals surface area (Å²) in [5, 5.41) is 0. The largest absolute Gasteiger partial charge is 0.495 e. The lowest BCUT2D eigenvalue weighted by atomic mass is 9.47. The number of carbonyl (C=O) groups is 1. The molecule has 2 heterocycles. The molecule has 35 heavy (non-hydrogen) atoms. The average molecular weight is 481 g/mol. The van der Waals surface area contributed by atoms with Crippen LogP contribution in [0.2, 0.25) is 0 Å². The van der Waals surface area contributed by atoms with E-state index in [0.29, 0.717) is 23.3 Å². The molecule has 6 aliphatic rings. The molecule has 0 bridgehead atoms. The van der Waals surface area contributed by atoms with E-state index in [4.69, 9.17) is 4.74 Å². The number of hydrogen-bond acceptors (Lipinski definition) is 3. The van der Waals surface area contributed by atoms with Crippen molar-refractivity contribution < 1.29 is 9.53 Å². The Hall–Kier alpha value is -1.29. The summed E-state index contributed by atoms with van der Waals surface area (Å²) in [6.45, 7) is 8.54. The van der Waals surface area contributed by atoms with Crippen LogP contribution in [-0.4, -0.2) is 54.5 Å². The van der Waals surface area contributed by atoms with Crippen molar-refractivity contribution in [1.29, 1.82) is 0 Å². The molecule has 4 fully saturated rings. The molecule has 194 valence electrons. The molecule has 4 heteroatoms. The maximum Gasteiger partial charge on any atom is 0.223 e. The molecule has 6 rings (SSSR count). The highest BCUT2D eigenvalue weighted by atomic mass is 16.5. The first-order valence-electron chi connectivity index (χ1n) is 14.7. The van der Waals surface area contributed by atoms with Crippen LogP contribution >= 0.6 is 0 Å². The summed E-state index contributed by atoms with van der Waals surface area (Å²) in [7, 11) is 4.42. The Morgan fingerprint density at radius 3 is 2.66 bits per heavy atom. The first-order valence-corrected chi connectivity index (χ1v) is 14.7. The number of nitrogens with zero attached hydrogens (tertiary/aromatic N) is 2. The number of fused-ring (bicyclic) bond motifs is 4. The molecular weight excluding hydrogens is 432 g/mol. The van der Waals surface area contributed by atoms with E-state index in [1.807, 2.05) is 0 Å². The van der Waals surface area contributed by atoms with Crippen molar-refractivity contribution in [3.8, 4) is 0 Å². The Morgan fingerprint density at radius 2 is 1.89 bits per heavy atom. The number of rotatable bonds is 4. The maximum absolute atomic E-state index is 13.1. The van der Waals surface area contributed by atoms with Crippen molar-refractivity contribution >= 4 is 5.91 Å². The predicted molar refractivity (Wildman–Crippen MR) is 141 cm³/mol. The fraction of sp³-hybridized carbons (Fsp3) is 0.839. The van der Waals surface area contributed by atoms with Gasteiger partial charge in [-0.1, -0.05) is 18.6 Å². The third-order valence-corrected chi connectivity index (χ3v) is 12.2. The van der Waals surface area contributed by atoms with Crippen molar-refractivity contribution in [2.75, 3.05) is 20.6 Å². The van der Waals surface area contributed by atoms with Crippen molar-refractivity contribution in [2.45, 2.75) is 110 Å². The van der Waals surface area contributed by atoms with Crippen LogP contribution < -0.4 is 0 Å². The minimum absolute atomic E-state index is 0.277. The highest BCUT2D eigenvalue weighted by Gasteiger charge is 2.64. The number of ether oxygens (including phenoxy) is 1. The molecule has 0 aromatic carbocycles. The average Bonchev–Trinajstić information content (AvgIpc) is 3.49. The molecule has 0 aromatic rings. The third-order valence-electron chi connectivity index (χ3n) is 12.2. The fourth-order valence-electron chi connectivity index (χ4n) is 10.2. The zero-order chi connectivity index (χ0) is 24.5. The quantitative estimate of drug-likeness (QED) is 0.451. The van der Waals surface area contributed by atoms with Gasteiger partial charge in [-0.2, -0.15) is 0 Å². The number of allylic oxidation sites excluding steroid dienone is 2. The van der Waals surface area contributed by atoms with Gasteiger partial charge in [0.15, 0.2) is 0 Å². The van der Waals surface area contributed by atoms with Gasteiger partial charge in [0.1, 0.15) is 0 Å². The Labute approximate surface area is 213 Å². The fourth-order valence-corrected chi connectivity index (χ4v) is 10.2. The van der Waals surface area contributed by atoms with Crippen LogP contribution in [-0.2, 0) is 9.53 Å². The molecule has 2 aliphatic heterocycles. The summed E-state index contributed by atoms with van der Waals surface area (Å²) in [6.07, 6.45) is 18.0. The standard InChI is InChI=1S/C31H48N2O2/c1-20-6-8-24(35-20)9-13-29(34)33(5)23-14-16-30(3)22(18-23)7-10-25-27(30)15-17-31-19-32(4)21(2)26(31)11-12-28(25)31/h7-8,20-21,23,25-28H,6,9-19H2,1-5H3/t20?,21-,23-,25+,26+,27?,28?,30-,31-/m0/s1. The zero-order valence-electron chi connectivity index (χ0n) is 22.9. The second-order valence-electron chi connectivity index (χ2n) is 13.6. The molecule has 1 spiro atoms. The second-order valence-corrected chi connectivity index (χ2v) is 13.6. The van der Waals surface area contributed by atoms with Gasteiger partial charge in [-0.05, 0) is 113 Å². The van der Waals surface area contributed by atoms with Gasteiger partial charge in [0.2, 0.25) is 5.91 Å². The Morgan fingerprint density at radius 1 is 1.09 bits per heavy atom. The van der Waals surface area contributed by atoms with E-state index in [0.717, 1.165) is 61.2 Å². The van der Waals surface area contributed by atoms with Crippen LogP contribution in [0.15, 0.2) is 23.5 Å². The van der Waals surface area contributed by atoms with Crippen molar-refractivity contribution in [1.82, 2.24) is 9.80 Å². The van der Waals surface area contributed by atoms with Crippen LogP contribution in [0.4, 0.5) is 0 Å². The van der Waals surface area contributed by atoms with Crippen molar-refractivity contribution in [2.24, 2.45) is 34.5 Å². The number of carbonyl (C=O) groups excluding carboxylic acids is 1. The monoisotopic (exact) mass is 480 g/mol. The molecule has 1 amide bonds. The SMILES string of the molecule is CC1CC=C(CCC(=O)N(C)[C@H]2CC[C@@]3(C)C(=CC[C@H]4C5CC[C@@H]6[C@H](C)N(C)C[C@]56CCC43)C2)O1. The molecule has 4 aliphatic carbocycles. The van der Waals surface area contributed by atoms with Gasteiger partial charge in [-0.15, -0.1) is 0 Å². The minimum atomic E-state index is 0.277. The van der Waals surface area contributed by atoms with Crippen LogP contribution in [0, 0.1) is 34.5 Å². The zero-order valence-corrected chi connectivity index (χ0v) is 22.9. The summed E-state index contributed by atoms with van der Waals surface area (Å²) in [5.41, 5.74) is 2.65. The van der Waals surface area contributed by atoms with Gasteiger partial charge in [-0.25, -0.2) is 0 Å². The van der Waals surface area contributed by atoms with E-state index in [1.165, 1.54) is 45.1 Å². The van der Waals surface area contributed by atoms with Crippen LogP contribution in [0.3, 0.4) is 0 Å². The Bertz CT molecular complexity index is 925. The Kier molecular flexibility index (Phi) is 5.94. The van der Waals surface area contributed by atoms with Gasteiger partial charge >= 0.3 is 0 Å². The van der Waals surface area contributed by atoms with E-state index in [9.17, 15) is 4.79 Å². The molecular formula is C31H48N2O2. The molecule has 0 N–H and O–H groups in total. The molecule has 0 aromatic heterocycles. The molecule has 1 saturated heterocycles. The predicted octanol–water partition coefficient (Wildman–Crippen LogP) is 6.18. The molecule has 4 nitrogen and oxygen atoms in total. The van der Waals surface area contributed by atoms with E-state index >= 15 is 0 Å². The first-order chi connectivity index (χ1) is 16.7. The lowest BCUT2D eigenvalue weighted by molar-refractivity contribution is -0.133. The van der Waals surface area contributed by atoms with Gasteiger partial charge < -0.3 is 14.5 Å². The summed E-state index contributed by atoms with van der Waals surface area (Å²) in [5.74, 6) is 4.91. The first kappa shape index (κ1) is 24.1. The van der Waals surface area contributed by atoms with Crippen molar-refractivity contribution in [3.05, 3.63) is 23.5 Å². The van der Waals surface area contributed by atoms with Crippen LogP contribution in [0.5, 0.6) is 0 Å². The molecule has 3 unspecified atom stereocenters. The second kappa shape index (κ2) is 8.64. The van der Waals surface area contributed by atoms with Crippen LogP contribution in [0.1, 0.15) is 91.4 Å². The topological polar surface area (TPSA) is 32.8 Å². The van der Waals surface area contributed by atoms with Crippen molar-refractivity contribution in [3.63, 3.8) is 0 Å². The highest BCUT2D eigenvalue weighted by molar-refractivity contribution is 5.76. The van der Waals surface area contributed by atoms with Gasteiger partial charge in [0.05, 0.1) is 11.9 Å². The summed E-state index contributed by atoms with van der Waals surface area (Å²) >= 11 is 0. The number of likely N-dealkylation sites (tertiary alicyclic amines) is 1. The number of hydrogen-bond donors (Lipinski definition) is 0. The summed E-state index contributed by atoms with van der Waals surface area (Å²) in [4.78, 5) is 17.8.